The molecular weight excluding hydrogens is 232 g/mol. The largest absolute Gasteiger partial charge is 0.385 e. The van der Waals surface area contributed by atoms with Crippen LogP contribution in [-0.2, 0) is 16.1 Å². The van der Waals surface area contributed by atoms with Crippen molar-refractivity contribution in [2.24, 2.45) is 5.92 Å². The highest BCUT2D eigenvalue weighted by Gasteiger charge is 2.22. The summed E-state index contributed by atoms with van der Waals surface area (Å²) in [6.07, 6.45) is 3.69. The number of methoxy groups -OCH3 is 1. The molecule has 0 radical (unpaired) electrons. The van der Waals surface area contributed by atoms with Crippen LogP contribution < -0.4 is 10.6 Å². The minimum atomic E-state index is 0.0575. The van der Waals surface area contributed by atoms with Crippen LogP contribution in [0.2, 0.25) is 0 Å². The molecule has 18 heavy (non-hydrogen) atoms. The minimum absolute atomic E-state index is 0.0575. The fourth-order valence-corrected chi connectivity index (χ4v) is 2.03. The Morgan fingerprint density at radius 2 is 2.61 bits per heavy atom. The molecule has 0 spiro atoms. The van der Waals surface area contributed by atoms with Crippen molar-refractivity contribution in [1.29, 1.82) is 0 Å². The summed E-state index contributed by atoms with van der Waals surface area (Å²) in [6, 6.07) is 1.83. The lowest BCUT2D eigenvalue weighted by atomic mass is 10.1. The first kappa shape index (κ1) is 13.0. The number of aromatic nitrogens is 2. The van der Waals surface area contributed by atoms with Crippen LogP contribution in [0.25, 0.3) is 0 Å². The summed E-state index contributed by atoms with van der Waals surface area (Å²) in [6.45, 7) is 3.20. The van der Waals surface area contributed by atoms with Crippen molar-refractivity contribution in [1.82, 2.24) is 15.1 Å². The van der Waals surface area contributed by atoms with Crippen molar-refractivity contribution in [3.63, 3.8) is 0 Å². The van der Waals surface area contributed by atoms with Gasteiger partial charge in [-0.3, -0.25) is 9.48 Å². The van der Waals surface area contributed by atoms with Crippen LogP contribution in [-0.4, -0.2) is 42.5 Å². The van der Waals surface area contributed by atoms with Gasteiger partial charge < -0.3 is 15.4 Å². The van der Waals surface area contributed by atoms with Gasteiger partial charge in [0.05, 0.1) is 5.92 Å². The highest BCUT2D eigenvalue weighted by molar-refractivity contribution is 5.91. The van der Waals surface area contributed by atoms with E-state index in [9.17, 15) is 4.79 Å². The molecule has 1 aliphatic heterocycles. The molecule has 2 rings (SSSR count). The molecule has 2 N–H and O–H groups in total. The van der Waals surface area contributed by atoms with E-state index in [1.807, 2.05) is 16.9 Å². The van der Waals surface area contributed by atoms with Gasteiger partial charge in [-0.1, -0.05) is 0 Å². The molecule has 1 aliphatic rings. The van der Waals surface area contributed by atoms with Crippen molar-refractivity contribution in [2.75, 3.05) is 32.1 Å². The van der Waals surface area contributed by atoms with Crippen LogP contribution in [0.5, 0.6) is 0 Å². The van der Waals surface area contributed by atoms with E-state index in [2.05, 4.69) is 15.7 Å². The molecule has 1 aromatic rings. The fraction of sp³-hybridized carbons (Fsp3) is 0.667. The van der Waals surface area contributed by atoms with Gasteiger partial charge in [-0.2, -0.15) is 5.10 Å². The number of nitrogens with one attached hydrogen (secondary N) is 2. The second-order valence-corrected chi connectivity index (χ2v) is 4.49. The third kappa shape index (κ3) is 3.54. The number of aryl methyl sites for hydroxylation is 1. The van der Waals surface area contributed by atoms with Gasteiger partial charge in [0.1, 0.15) is 0 Å². The third-order valence-corrected chi connectivity index (χ3v) is 3.06. The highest BCUT2D eigenvalue weighted by Crippen LogP contribution is 2.11. The lowest BCUT2D eigenvalue weighted by Gasteiger charge is -2.07. The molecule has 2 heterocycles. The number of hydrogen-bond acceptors (Lipinski definition) is 4. The first-order chi connectivity index (χ1) is 8.79. The van der Waals surface area contributed by atoms with Gasteiger partial charge in [0, 0.05) is 39.1 Å². The van der Waals surface area contributed by atoms with Gasteiger partial charge in [-0.05, 0) is 19.4 Å². The first-order valence-electron chi connectivity index (χ1n) is 6.33. The molecule has 1 fully saturated rings. The van der Waals surface area contributed by atoms with Gasteiger partial charge in [-0.15, -0.1) is 0 Å². The SMILES string of the molecule is COCCCn1ccc(NC(=O)[C@H]2CCNC2)n1. The standard InChI is InChI=1S/C12H20N4O2/c1-18-8-2-6-16-7-4-11(15-16)14-12(17)10-3-5-13-9-10/h4,7,10,13H,2-3,5-6,8-9H2,1H3,(H,14,15,17)/t10-/m0/s1. The maximum atomic E-state index is 11.9. The van der Waals surface area contributed by atoms with Gasteiger partial charge in [0.25, 0.3) is 0 Å². The van der Waals surface area contributed by atoms with E-state index in [0.29, 0.717) is 5.82 Å². The van der Waals surface area contributed by atoms with E-state index < -0.39 is 0 Å². The van der Waals surface area contributed by atoms with E-state index in [1.54, 1.807) is 7.11 Å². The number of rotatable bonds is 6. The topological polar surface area (TPSA) is 68.2 Å². The molecule has 0 aliphatic carbocycles. The average Bonchev–Trinajstić information content (AvgIpc) is 3.00. The number of amides is 1. The molecular formula is C12H20N4O2. The van der Waals surface area contributed by atoms with E-state index in [-0.39, 0.29) is 11.8 Å². The first-order valence-corrected chi connectivity index (χ1v) is 6.33. The lowest BCUT2D eigenvalue weighted by Crippen LogP contribution is -2.24. The quantitative estimate of drug-likeness (QED) is 0.722. The fourth-order valence-electron chi connectivity index (χ4n) is 2.03. The van der Waals surface area contributed by atoms with E-state index in [0.717, 1.165) is 39.1 Å². The molecule has 0 saturated carbocycles. The molecule has 1 saturated heterocycles. The molecule has 1 aromatic heterocycles. The summed E-state index contributed by atoms with van der Waals surface area (Å²) in [5, 5.41) is 10.3. The van der Waals surface area contributed by atoms with Crippen LogP contribution >= 0.6 is 0 Å². The molecule has 0 unspecified atom stereocenters. The minimum Gasteiger partial charge on any atom is -0.385 e. The number of carbonyl (C=O) groups excluding carboxylic acids is 1. The van der Waals surface area contributed by atoms with Crippen molar-refractivity contribution < 1.29 is 9.53 Å². The van der Waals surface area contributed by atoms with Gasteiger partial charge >= 0.3 is 0 Å². The number of anilines is 1. The van der Waals surface area contributed by atoms with Gasteiger partial charge in [0.2, 0.25) is 5.91 Å². The van der Waals surface area contributed by atoms with Crippen molar-refractivity contribution >= 4 is 11.7 Å². The summed E-state index contributed by atoms with van der Waals surface area (Å²) in [4.78, 5) is 11.9. The zero-order valence-electron chi connectivity index (χ0n) is 10.7. The summed E-state index contributed by atoms with van der Waals surface area (Å²) in [7, 11) is 1.68. The van der Waals surface area contributed by atoms with Crippen molar-refractivity contribution in [2.45, 2.75) is 19.4 Å². The Labute approximate surface area is 107 Å². The Morgan fingerprint density at radius 1 is 1.72 bits per heavy atom. The molecule has 6 nitrogen and oxygen atoms in total. The predicted molar refractivity (Wildman–Crippen MR) is 68.3 cm³/mol. The average molecular weight is 252 g/mol. The molecule has 1 amide bonds. The van der Waals surface area contributed by atoms with E-state index in [1.165, 1.54) is 0 Å². The van der Waals surface area contributed by atoms with Crippen LogP contribution in [0.4, 0.5) is 5.82 Å². The van der Waals surface area contributed by atoms with Crippen LogP contribution in [0.15, 0.2) is 12.3 Å². The van der Waals surface area contributed by atoms with Gasteiger partial charge in [-0.25, -0.2) is 0 Å². The molecule has 1 atom stereocenters. The van der Waals surface area contributed by atoms with Crippen LogP contribution in [0, 0.1) is 5.92 Å². The Kier molecular flexibility index (Phi) is 4.72. The second kappa shape index (κ2) is 6.51. The number of hydrogen-bond donors (Lipinski definition) is 2. The zero-order chi connectivity index (χ0) is 12.8. The van der Waals surface area contributed by atoms with E-state index >= 15 is 0 Å². The Bertz CT molecular complexity index is 385. The normalized spacial score (nSPS) is 19.1. The predicted octanol–water partition coefficient (Wildman–Crippen LogP) is 0.468. The Morgan fingerprint density at radius 3 is 3.33 bits per heavy atom. The molecule has 0 bridgehead atoms. The molecule has 100 valence electrons. The lowest BCUT2D eigenvalue weighted by molar-refractivity contribution is -0.119. The second-order valence-electron chi connectivity index (χ2n) is 4.49. The maximum absolute atomic E-state index is 11.9. The van der Waals surface area contributed by atoms with Crippen molar-refractivity contribution in [3.8, 4) is 0 Å². The molecule has 6 heteroatoms. The van der Waals surface area contributed by atoms with Crippen LogP contribution in [0.1, 0.15) is 12.8 Å². The monoisotopic (exact) mass is 252 g/mol. The van der Waals surface area contributed by atoms with Crippen LogP contribution in [0.3, 0.4) is 0 Å². The Hall–Kier alpha value is -1.40. The number of ether oxygens (including phenoxy) is 1. The summed E-state index contributed by atoms with van der Waals surface area (Å²) in [5.41, 5.74) is 0. The summed E-state index contributed by atoms with van der Waals surface area (Å²) >= 11 is 0. The highest BCUT2D eigenvalue weighted by atomic mass is 16.5. The number of carbonyl (C=O) groups is 1. The Balaban J connectivity index is 1.80. The smallest absolute Gasteiger partial charge is 0.230 e. The number of nitrogens with zero attached hydrogens (tertiary/aromatic N) is 2. The zero-order valence-corrected chi connectivity index (χ0v) is 10.7. The summed E-state index contributed by atoms with van der Waals surface area (Å²) < 4.78 is 6.81. The van der Waals surface area contributed by atoms with Gasteiger partial charge in [0.15, 0.2) is 5.82 Å². The van der Waals surface area contributed by atoms with Crippen molar-refractivity contribution in [3.05, 3.63) is 12.3 Å². The third-order valence-electron chi connectivity index (χ3n) is 3.06. The molecule has 0 aromatic carbocycles. The summed E-state index contributed by atoms with van der Waals surface area (Å²) in [5.74, 6) is 0.759. The maximum Gasteiger partial charge on any atom is 0.230 e. The van der Waals surface area contributed by atoms with E-state index in [4.69, 9.17) is 4.74 Å².